The number of nitrogens with one attached hydrogen (secondary N) is 2. The van der Waals surface area contributed by atoms with E-state index >= 15 is 0 Å². The second-order valence-electron chi connectivity index (χ2n) is 12.1. The third kappa shape index (κ3) is 12.7. The van der Waals surface area contributed by atoms with Gasteiger partial charge in [0.05, 0.1) is 29.0 Å². The highest BCUT2D eigenvalue weighted by Crippen LogP contribution is 2.24. The van der Waals surface area contributed by atoms with E-state index in [1.807, 2.05) is 78.9 Å². The van der Waals surface area contributed by atoms with E-state index in [9.17, 15) is 24.6 Å². The zero-order valence-electron chi connectivity index (χ0n) is 30.5. The minimum absolute atomic E-state index is 0.00211. The topological polar surface area (TPSA) is 173 Å². The van der Waals surface area contributed by atoms with Crippen molar-refractivity contribution in [2.75, 3.05) is 24.0 Å². The van der Waals surface area contributed by atoms with Gasteiger partial charge in [0.15, 0.2) is 0 Å². The average molecular weight is 767 g/mol. The summed E-state index contributed by atoms with van der Waals surface area (Å²) in [6.07, 6.45) is 7.70. The van der Waals surface area contributed by atoms with Crippen molar-refractivity contribution in [2.45, 2.75) is 13.0 Å². The van der Waals surface area contributed by atoms with Crippen LogP contribution < -0.4 is 25.0 Å². The van der Waals surface area contributed by atoms with Crippen molar-refractivity contribution < 1.29 is 48.8 Å². The van der Waals surface area contributed by atoms with Crippen LogP contribution in [0.3, 0.4) is 0 Å². The van der Waals surface area contributed by atoms with E-state index in [4.69, 9.17) is 30.6 Å². The van der Waals surface area contributed by atoms with Crippen LogP contribution in [0.4, 0.5) is 11.4 Å². The second kappa shape index (κ2) is 20.6. The van der Waals surface area contributed by atoms with E-state index in [1.165, 1.54) is 24.3 Å². The van der Waals surface area contributed by atoms with Crippen LogP contribution in [-0.2, 0) is 17.9 Å². The molecule has 12 heteroatoms. The van der Waals surface area contributed by atoms with Crippen LogP contribution >= 0.6 is 0 Å². The van der Waals surface area contributed by atoms with Crippen LogP contribution in [0.1, 0.15) is 47.8 Å². The lowest BCUT2D eigenvalue weighted by Crippen LogP contribution is -2.16. The lowest BCUT2D eigenvalue weighted by atomic mass is 10.0. The number of rotatable bonds is 16. The Hall–Kier alpha value is -7.75. The first kappa shape index (κ1) is 40.4. The maximum atomic E-state index is 12.8. The number of aromatic carboxylic acids is 2. The maximum Gasteiger partial charge on any atom is 0.338 e. The van der Waals surface area contributed by atoms with Gasteiger partial charge in [0.25, 0.3) is 5.91 Å². The standard InChI is InChI=1S/C39H32N2O9.C6H6O/c1-2-47-31-16-18-33(34(23-31)38(43)44)37(42)40-29-14-12-27(13-15-29)22-26-8-10-28(11-9-26)25-50-41-36-19-17-32(24-35(36)39(45)46)49-21-20-48-30-6-4-3-5-7-30;7-6-4-2-1-3-5-6/h1,3-19,23-24,41H,20-22,25H2,(H,40,42)(H,43,44)(H,45,46);1-5,7H. The number of carboxylic acid groups (broad SMARTS) is 2. The Kier molecular flexibility index (Phi) is 14.6. The molecule has 0 bridgehead atoms. The molecule has 0 aliphatic heterocycles. The molecule has 0 spiro atoms. The Balaban J connectivity index is 0.000000799. The molecule has 0 saturated heterocycles. The minimum Gasteiger partial charge on any atom is -0.508 e. The first-order chi connectivity index (χ1) is 27.7. The van der Waals surface area contributed by atoms with E-state index in [1.54, 1.807) is 48.5 Å². The fraction of sp³-hybridized carbons (Fsp3) is 0.0889. The molecule has 0 radical (unpaired) electrons. The number of anilines is 2. The summed E-state index contributed by atoms with van der Waals surface area (Å²) in [6.45, 7) is 0.738. The molecule has 12 nitrogen and oxygen atoms in total. The molecule has 0 heterocycles. The second-order valence-corrected chi connectivity index (χ2v) is 12.1. The van der Waals surface area contributed by atoms with Gasteiger partial charge < -0.3 is 34.8 Å². The summed E-state index contributed by atoms with van der Waals surface area (Å²) in [4.78, 5) is 42.0. The fourth-order valence-corrected chi connectivity index (χ4v) is 5.26. The molecule has 0 aromatic heterocycles. The number of hydrogen-bond acceptors (Lipinski definition) is 9. The molecule has 288 valence electrons. The zero-order valence-corrected chi connectivity index (χ0v) is 30.5. The number of para-hydroxylation sites is 2. The molecule has 6 rings (SSSR count). The number of benzene rings is 6. The van der Waals surface area contributed by atoms with Crippen molar-refractivity contribution in [2.24, 2.45) is 0 Å². The van der Waals surface area contributed by atoms with Gasteiger partial charge in [-0.2, -0.15) is 0 Å². The van der Waals surface area contributed by atoms with E-state index in [0.29, 0.717) is 30.2 Å². The molecule has 0 aliphatic carbocycles. The van der Waals surface area contributed by atoms with Crippen LogP contribution in [0.2, 0.25) is 0 Å². The number of carboxylic acids is 2. The summed E-state index contributed by atoms with van der Waals surface area (Å²) in [7, 11) is 0. The van der Waals surface area contributed by atoms with Gasteiger partial charge in [-0.25, -0.2) is 9.59 Å². The van der Waals surface area contributed by atoms with Gasteiger partial charge in [0, 0.05) is 5.69 Å². The fourth-order valence-electron chi connectivity index (χ4n) is 5.26. The van der Waals surface area contributed by atoms with Crippen molar-refractivity contribution in [1.82, 2.24) is 0 Å². The van der Waals surface area contributed by atoms with E-state index in [0.717, 1.165) is 22.4 Å². The summed E-state index contributed by atoms with van der Waals surface area (Å²) in [6, 6.07) is 41.6. The van der Waals surface area contributed by atoms with Gasteiger partial charge in [-0.05, 0) is 95.9 Å². The summed E-state index contributed by atoms with van der Waals surface area (Å²) in [5.41, 5.74) is 6.15. The first-order valence-corrected chi connectivity index (χ1v) is 17.5. The highest BCUT2D eigenvalue weighted by atomic mass is 16.6. The Morgan fingerprint density at radius 2 is 1.16 bits per heavy atom. The van der Waals surface area contributed by atoms with Gasteiger partial charge in [-0.3, -0.25) is 15.1 Å². The Bertz CT molecular complexity index is 2290. The number of carbonyl (C=O) groups is 3. The SMILES string of the molecule is C#COc1ccc(C(=O)Nc2ccc(Cc3ccc(CONc4ccc(OCCOc5ccccc5)cc4C(=O)O)cc3)cc2)c(C(=O)O)c1.Oc1ccccc1. The van der Waals surface area contributed by atoms with Gasteiger partial charge in [-0.1, -0.05) is 79.2 Å². The molecule has 57 heavy (non-hydrogen) atoms. The number of phenols is 1. The van der Waals surface area contributed by atoms with Crippen molar-refractivity contribution in [3.8, 4) is 35.5 Å². The first-order valence-electron chi connectivity index (χ1n) is 17.5. The van der Waals surface area contributed by atoms with E-state index in [-0.39, 0.29) is 41.3 Å². The normalized spacial score (nSPS) is 10.2. The molecule has 6 aromatic carbocycles. The monoisotopic (exact) mass is 766 g/mol. The molecule has 0 saturated carbocycles. The predicted molar refractivity (Wildman–Crippen MR) is 214 cm³/mol. The third-order valence-corrected chi connectivity index (χ3v) is 8.05. The minimum atomic E-state index is -1.28. The van der Waals surface area contributed by atoms with Gasteiger partial charge in [0.1, 0.15) is 42.3 Å². The molecule has 5 N–H and O–H groups in total. The molecular formula is C45H38N2O10. The molecule has 1 amide bonds. The van der Waals surface area contributed by atoms with Crippen molar-refractivity contribution in [3.63, 3.8) is 0 Å². The number of hydrogen-bond donors (Lipinski definition) is 5. The van der Waals surface area contributed by atoms with Gasteiger partial charge >= 0.3 is 11.9 Å². The third-order valence-electron chi connectivity index (χ3n) is 8.05. The summed E-state index contributed by atoms with van der Waals surface area (Å²) >= 11 is 0. The molecular weight excluding hydrogens is 728 g/mol. The van der Waals surface area contributed by atoms with Crippen LogP contribution in [0.25, 0.3) is 0 Å². The molecule has 6 aromatic rings. The van der Waals surface area contributed by atoms with Crippen LogP contribution in [0.5, 0.6) is 23.0 Å². The number of amides is 1. The lowest BCUT2D eigenvalue weighted by molar-refractivity contribution is 0.0684. The summed E-state index contributed by atoms with van der Waals surface area (Å²) in [5, 5.41) is 30.6. The highest BCUT2D eigenvalue weighted by molar-refractivity contribution is 6.10. The Morgan fingerprint density at radius 1 is 0.596 bits per heavy atom. The number of ether oxygens (including phenoxy) is 3. The number of carbonyl (C=O) groups excluding carboxylic acids is 1. The lowest BCUT2D eigenvalue weighted by Gasteiger charge is -2.13. The summed E-state index contributed by atoms with van der Waals surface area (Å²) in [5.74, 6) is -1.41. The van der Waals surface area contributed by atoms with Crippen LogP contribution in [-0.4, -0.2) is 46.4 Å². The van der Waals surface area contributed by atoms with Crippen molar-refractivity contribution in [3.05, 3.63) is 179 Å². The van der Waals surface area contributed by atoms with Gasteiger partial charge in [-0.15, -0.1) is 0 Å². The van der Waals surface area contributed by atoms with E-state index < -0.39 is 17.8 Å². The Morgan fingerprint density at radius 3 is 1.75 bits per heavy atom. The average Bonchev–Trinajstić information content (AvgIpc) is 3.22. The molecule has 0 fully saturated rings. The van der Waals surface area contributed by atoms with Gasteiger partial charge in [0.2, 0.25) is 0 Å². The van der Waals surface area contributed by atoms with Crippen LogP contribution in [0, 0.1) is 12.5 Å². The maximum absolute atomic E-state index is 12.8. The van der Waals surface area contributed by atoms with Crippen molar-refractivity contribution in [1.29, 1.82) is 0 Å². The molecule has 0 atom stereocenters. The highest BCUT2D eigenvalue weighted by Gasteiger charge is 2.18. The molecule has 0 aliphatic rings. The zero-order chi connectivity index (χ0) is 40.4. The number of terminal acetylenes is 1. The number of aromatic hydroxyl groups is 1. The van der Waals surface area contributed by atoms with Crippen LogP contribution in [0.15, 0.2) is 146 Å². The number of phenolic OH excluding ortho intramolecular Hbond substituents is 1. The quantitative estimate of drug-likeness (QED) is 0.0365. The van der Waals surface area contributed by atoms with Crippen molar-refractivity contribution >= 4 is 29.2 Å². The molecule has 0 unspecified atom stereocenters. The Labute approximate surface area is 328 Å². The van der Waals surface area contributed by atoms with E-state index in [2.05, 4.69) is 10.8 Å². The summed E-state index contributed by atoms with van der Waals surface area (Å²) < 4.78 is 16.1. The smallest absolute Gasteiger partial charge is 0.338 e. The predicted octanol–water partition coefficient (Wildman–Crippen LogP) is 8.29. The largest absolute Gasteiger partial charge is 0.508 e.